The molecule has 0 saturated heterocycles. The van der Waals surface area contributed by atoms with Crippen molar-refractivity contribution in [2.24, 2.45) is 0 Å². The number of benzene rings is 1. The number of rotatable bonds is 7. The zero-order valence-corrected chi connectivity index (χ0v) is 11.2. The van der Waals surface area contributed by atoms with E-state index in [0.717, 1.165) is 32.1 Å². The van der Waals surface area contributed by atoms with Crippen LogP contribution in [0.25, 0.3) is 0 Å². The Bertz CT molecular complexity index is 426. The largest absolute Gasteiger partial charge is 0.320 e. The van der Waals surface area contributed by atoms with Gasteiger partial charge in [0.2, 0.25) is 10.0 Å². The second-order valence-electron chi connectivity index (χ2n) is 4.13. The standard InChI is InChI=1S/C12H20N2O2S/c1-13-10-4-3-5-11-6-8-12(9-7-11)14-17(2,15)16/h6-9,13-14H,3-5,10H2,1-2H3. The Morgan fingerprint density at radius 3 is 2.29 bits per heavy atom. The zero-order valence-electron chi connectivity index (χ0n) is 10.4. The van der Waals surface area contributed by atoms with E-state index in [1.165, 1.54) is 5.56 Å². The lowest BCUT2D eigenvalue weighted by Crippen LogP contribution is -2.09. The Hall–Kier alpha value is -1.07. The van der Waals surface area contributed by atoms with Crippen molar-refractivity contribution in [2.75, 3.05) is 24.6 Å². The summed E-state index contributed by atoms with van der Waals surface area (Å²) in [6, 6.07) is 7.53. The highest BCUT2D eigenvalue weighted by atomic mass is 32.2. The van der Waals surface area contributed by atoms with E-state index >= 15 is 0 Å². The highest BCUT2D eigenvalue weighted by Gasteiger charge is 2.01. The minimum atomic E-state index is -3.17. The van der Waals surface area contributed by atoms with Crippen molar-refractivity contribution >= 4 is 15.7 Å². The van der Waals surface area contributed by atoms with Crippen LogP contribution in [0.3, 0.4) is 0 Å². The topological polar surface area (TPSA) is 58.2 Å². The lowest BCUT2D eigenvalue weighted by atomic mass is 10.1. The predicted octanol–water partition coefficient (Wildman–Crippen LogP) is 1.60. The summed E-state index contributed by atoms with van der Waals surface area (Å²) in [5.41, 5.74) is 1.85. The summed E-state index contributed by atoms with van der Waals surface area (Å²) in [7, 11) is -1.22. The van der Waals surface area contributed by atoms with Gasteiger partial charge in [-0.2, -0.15) is 0 Å². The number of hydrogen-bond donors (Lipinski definition) is 2. The third-order valence-corrected chi connectivity index (χ3v) is 3.01. The molecule has 2 N–H and O–H groups in total. The van der Waals surface area contributed by atoms with Crippen LogP contribution in [0.1, 0.15) is 18.4 Å². The summed E-state index contributed by atoms with van der Waals surface area (Å²) in [4.78, 5) is 0. The molecule has 0 heterocycles. The molecule has 5 heteroatoms. The first-order valence-electron chi connectivity index (χ1n) is 5.72. The van der Waals surface area contributed by atoms with Crippen molar-refractivity contribution in [2.45, 2.75) is 19.3 Å². The van der Waals surface area contributed by atoms with E-state index in [9.17, 15) is 8.42 Å². The molecule has 0 atom stereocenters. The highest BCUT2D eigenvalue weighted by molar-refractivity contribution is 7.92. The van der Waals surface area contributed by atoms with Crippen molar-refractivity contribution < 1.29 is 8.42 Å². The number of nitrogens with one attached hydrogen (secondary N) is 2. The van der Waals surface area contributed by atoms with Crippen LogP contribution >= 0.6 is 0 Å². The summed E-state index contributed by atoms with van der Waals surface area (Å²) in [5, 5.41) is 3.11. The monoisotopic (exact) mass is 256 g/mol. The third-order valence-electron chi connectivity index (χ3n) is 2.40. The van der Waals surface area contributed by atoms with E-state index in [0.29, 0.717) is 5.69 Å². The van der Waals surface area contributed by atoms with Gasteiger partial charge < -0.3 is 5.32 Å². The van der Waals surface area contributed by atoms with Crippen LogP contribution in [-0.4, -0.2) is 28.3 Å². The van der Waals surface area contributed by atoms with Crippen LogP contribution in [0.5, 0.6) is 0 Å². The summed E-state index contributed by atoms with van der Waals surface area (Å²) >= 11 is 0. The number of aryl methyl sites for hydroxylation is 1. The van der Waals surface area contributed by atoms with Crippen LogP contribution in [0.2, 0.25) is 0 Å². The Morgan fingerprint density at radius 2 is 1.76 bits per heavy atom. The molecule has 0 amide bonds. The second-order valence-corrected chi connectivity index (χ2v) is 5.88. The molecule has 0 aliphatic rings. The Morgan fingerprint density at radius 1 is 1.12 bits per heavy atom. The third kappa shape index (κ3) is 6.28. The highest BCUT2D eigenvalue weighted by Crippen LogP contribution is 2.12. The second kappa shape index (κ2) is 6.61. The van der Waals surface area contributed by atoms with E-state index in [4.69, 9.17) is 0 Å². The van der Waals surface area contributed by atoms with Gasteiger partial charge in [0.1, 0.15) is 0 Å². The van der Waals surface area contributed by atoms with Crippen molar-refractivity contribution in [3.05, 3.63) is 29.8 Å². The number of anilines is 1. The predicted molar refractivity (Wildman–Crippen MR) is 71.8 cm³/mol. The molecule has 1 aromatic carbocycles. The molecule has 1 aromatic rings. The average molecular weight is 256 g/mol. The van der Waals surface area contributed by atoms with Gasteiger partial charge in [0.25, 0.3) is 0 Å². The maximum absolute atomic E-state index is 11.0. The van der Waals surface area contributed by atoms with Crippen molar-refractivity contribution in [3.63, 3.8) is 0 Å². The lowest BCUT2D eigenvalue weighted by Gasteiger charge is -2.05. The van der Waals surface area contributed by atoms with Gasteiger partial charge in [-0.25, -0.2) is 8.42 Å². The van der Waals surface area contributed by atoms with Crippen LogP contribution in [0.15, 0.2) is 24.3 Å². The van der Waals surface area contributed by atoms with E-state index in [1.54, 1.807) is 12.1 Å². The maximum Gasteiger partial charge on any atom is 0.229 e. The molecule has 0 saturated carbocycles. The quantitative estimate of drug-likeness (QED) is 0.729. The molecule has 17 heavy (non-hydrogen) atoms. The maximum atomic E-state index is 11.0. The molecule has 0 bridgehead atoms. The van der Waals surface area contributed by atoms with Gasteiger partial charge in [-0.05, 0) is 50.6 Å². The zero-order chi connectivity index (χ0) is 12.7. The fourth-order valence-electron chi connectivity index (χ4n) is 1.58. The summed E-state index contributed by atoms with van der Waals surface area (Å²) in [6.45, 7) is 1.04. The van der Waals surface area contributed by atoms with E-state index in [-0.39, 0.29) is 0 Å². The number of hydrogen-bond acceptors (Lipinski definition) is 3. The van der Waals surface area contributed by atoms with Gasteiger partial charge in [0.05, 0.1) is 6.26 Å². The molecule has 0 unspecified atom stereocenters. The van der Waals surface area contributed by atoms with Crippen LogP contribution in [-0.2, 0) is 16.4 Å². The minimum absolute atomic E-state index is 0.617. The molecule has 0 fully saturated rings. The first-order chi connectivity index (χ1) is 8.01. The first-order valence-corrected chi connectivity index (χ1v) is 7.62. The smallest absolute Gasteiger partial charge is 0.229 e. The first kappa shape index (κ1) is 14.0. The lowest BCUT2D eigenvalue weighted by molar-refractivity contribution is 0.607. The molecular weight excluding hydrogens is 236 g/mol. The van der Waals surface area contributed by atoms with Gasteiger partial charge in [0.15, 0.2) is 0 Å². The minimum Gasteiger partial charge on any atom is -0.320 e. The van der Waals surface area contributed by atoms with Gasteiger partial charge in [-0.15, -0.1) is 0 Å². The molecule has 4 nitrogen and oxygen atoms in total. The molecule has 0 radical (unpaired) electrons. The van der Waals surface area contributed by atoms with Crippen LogP contribution < -0.4 is 10.0 Å². The van der Waals surface area contributed by atoms with Gasteiger partial charge in [-0.1, -0.05) is 12.1 Å². The van der Waals surface area contributed by atoms with Crippen molar-refractivity contribution in [1.82, 2.24) is 5.32 Å². The Labute approximate surface area is 103 Å². The Balaban J connectivity index is 2.45. The van der Waals surface area contributed by atoms with E-state index in [2.05, 4.69) is 10.0 Å². The molecule has 96 valence electrons. The molecule has 1 rings (SSSR count). The van der Waals surface area contributed by atoms with Gasteiger partial charge in [-0.3, -0.25) is 4.72 Å². The molecule has 0 spiro atoms. The fourth-order valence-corrected chi connectivity index (χ4v) is 2.15. The van der Waals surface area contributed by atoms with Gasteiger partial charge in [0, 0.05) is 5.69 Å². The molecule has 0 aliphatic carbocycles. The average Bonchev–Trinajstić information content (AvgIpc) is 2.25. The SMILES string of the molecule is CNCCCCc1ccc(NS(C)(=O)=O)cc1. The number of unbranched alkanes of at least 4 members (excludes halogenated alkanes) is 1. The summed E-state index contributed by atoms with van der Waals surface area (Å²) in [6.07, 6.45) is 4.47. The normalized spacial score (nSPS) is 11.4. The van der Waals surface area contributed by atoms with Crippen molar-refractivity contribution in [1.29, 1.82) is 0 Å². The molecule has 0 aliphatic heterocycles. The van der Waals surface area contributed by atoms with Crippen LogP contribution in [0.4, 0.5) is 5.69 Å². The van der Waals surface area contributed by atoms with E-state index in [1.807, 2.05) is 19.2 Å². The van der Waals surface area contributed by atoms with Gasteiger partial charge >= 0.3 is 0 Å². The molecular formula is C12H20N2O2S. The number of sulfonamides is 1. The summed E-state index contributed by atoms with van der Waals surface area (Å²) in [5.74, 6) is 0. The van der Waals surface area contributed by atoms with Crippen LogP contribution in [0, 0.1) is 0 Å². The van der Waals surface area contributed by atoms with E-state index < -0.39 is 10.0 Å². The fraction of sp³-hybridized carbons (Fsp3) is 0.500. The molecule has 0 aromatic heterocycles. The van der Waals surface area contributed by atoms with Crippen molar-refractivity contribution in [3.8, 4) is 0 Å². The summed E-state index contributed by atoms with van der Waals surface area (Å²) < 4.78 is 24.5. The Kier molecular flexibility index (Phi) is 5.44.